The van der Waals surface area contributed by atoms with Crippen LogP contribution in [-0.2, 0) is 21.2 Å². The molecule has 6 nitrogen and oxygen atoms in total. The Kier molecular flexibility index (Phi) is 6.98. The molecule has 0 aliphatic rings. The maximum atomic E-state index is 12.2. The first-order chi connectivity index (χ1) is 12.7. The third-order valence-electron chi connectivity index (χ3n) is 4.34. The predicted molar refractivity (Wildman–Crippen MR) is 105 cm³/mol. The normalized spacial score (nSPS) is 12.6. The SMILES string of the molecule is COc1ccc(C(C)NC(=O)CCc2ccc(S(=O)(=O)N(C)C)cc2)cc1. The monoisotopic (exact) mass is 390 g/mol. The minimum atomic E-state index is -3.43. The maximum absolute atomic E-state index is 12.2. The second-order valence-corrected chi connectivity index (χ2v) is 8.65. The van der Waals surface area contributed by atoms with Gasteiger partial charge in [0.2, 0.25) is 15.9 Å². The number of ether oxygens (including phenoxy) is 1. The van der Waals surface area contributed by atoms with Gasteiger partial charge in [0.25, 0.3) is 0 Å². The molecule has 1 N–H and O–H groups in total. The minimum absolute atomic E-state index is 0.0525. The fourth-order valence-electron chi connectivity index (χ4n) is 2.59. The van der Waals surface area contributed by atoms with E-state index < -0.39 is 10.0 Å². The van der Waals surface area contributed by atoms with Crippen molar-refractivity contribution >= 4 is 15.9 Å². The van der Waals surface area contributed by atoms with Gasteiger partial charge < -0.3 is 10.1 Å². The summed E-state index contributed by atoms with van der Waals surface area (Å²) in [6, 6.07) is 14.1. The number of carbonyl (C=O) groups excluding carboxylic acids is 1. The minimum Gasteiger partial charge on any atom is -0.497 e. The van der Waals surface area contributed by atoms with Gasteiger partial charge in [-0.05, 0) is 48.7 Å². The third kappa shape index (κ3) is 5.55. The van der Waals surface area contributed by atoms with Crippen LogP contribution in [-0.4, -0.2) is 39.8 Å². The highest BCUT2D eigenvalue weighted by Crippen LogP contribution is 2.18. The van der Waals surface area contributed by atoms with Crippen molar-refractivity contribution in [2.75, 3.05) is 21.2 Å². The van der Waals surface area contributed by atoms with Crippen LogP contribution in [0.15, 0.2) is 53.4 Å². The molecular formula is C20H26N2O4S. The van der Waals surface area contributed by atoms with Gasteiger partial charge in [-0.1, -0.05) is 24.3 Å². The molecule has 0 aliphatic heterocycles. The number of carbonyl (C=O) groups is 1. The highest BCUT2D eigenvalue weighted by Gasteiger charge is 2.16. The molecule has 1 atom stereocenters. The van der Waals surface area contributed by atoms with E-state index in [0.717, 1.165) is 16.9 Å². The number of nitrogens with one attached hydrogen (secondary N) is 1. The Hall–Kier alpha value is -2.38. The zero-order chi connectivity index (χ0) is 20.0. The second-order valence-electron chi connectivity index (χ2n) is 6.49. The maximum Gasteiger partial charge on any atom is 0.242 e. The van der Waals surface area contributed by atoms with Crippen LogP contribution in [0.1, 0.15) is 30.5 Å². The average molecular weight is 391 g/mol. The number of nitrogens with zero attached hydrogens (tertiary/aromatic N) is 1. The van der Waals surface area contributed by atoms with E-state index in [1.807, 2.05) is 31.2 Å². The highest BCUT2D eigenvalue weighted by atomic mass is 32.2. The number of hydrogen-bond acceptors (Lipinski definition) is 4. The van der Waals surface area contributed by atoms with Gasteiger partial charge in [-0.2, -0.15) is 0 Å². The Morgan fingerprint density at radius 2 is 1.67 bits per heavy atom. The van der Waals surface area contributed by atoms with E-state index >= 15 is 0 Å². The van der Waals surface area contributed by atoms with Gasteiger partial charge in [-0.3, -0.25) is 4.79 Å². The molecule has 0 fully saturated rings. The molecule has 2 aromatic rings. The highest BCUT2D eigenvalue weighted by molar-refractivity contribution is 7.89. The van der Waals surface area contributed by atoms with Gasteiger partial charge in [-0.15, -0.1) is 0 Å². The molecule has 2 aromatic carbocycles. The Morgan fingerprint density at radius 1 is 1.07 bits per heavy atom. The summed E-state index contributed by atoms with van der Waals surface area (Å²) in [5.41, 5.74) is 1.92. The quantitative estimate of drug-likeness (QED) is 0.752. The van der Waals surface area contributed by atoms with E-state index in [1.54, 1.807) is 31.4 Å². The van der Waals surface area contributed by atoms with E-state index in [2.05, 4.69) is 5.32 Å². The lowest BCUT2D eigenvalue weighted by atomic mass is 10.1. The fraction of sp³-hybridized carbons (Fsp3) is 0.350. The van der Waals surface area contributed by atoms with Crippen LogP contribution in [0.4, 0.5) is 0 Å². The first-order valence-electron chi connectivity index (χ1n) is 8.69. The van der Waals surface area contributed by atoms with E-state index in [4.69, 9.17) is 4.74 Å². The molecule has 0 aromatic heterocycles. The lowest BCUT2D eigenvalue weighted by Crippen LogP contribution is -2.26. The van der Waals surface area contributed by atoms with Crippen LogP contribution < -0.4 is 10.1 Å². The second kappa shape index (κ2) is 9.01. The summed E-state index contributed by atoms with van der Waals surface area (Å²) >= 11 is 0. The lowest BCUT2D eigenvalue weighted by Gasteiger charge is -2.15. The lowest BCUT2D eigenvalue weighted by molar-refractivity contribution is -0.121. The van der Waals surface area contributed by atoms with E-state index in [0.29, 0.717) is 12.8 Å². The summed E-state index contributed by atoms with van der Waals surface area (Å²) in [6.07, 6.45) is 0.879. The summed E-state index contributed by atoms with van der Waals surface area (Å²) in [6.45, 7) is 1.93. The van der Waals surface area contributed by atoms with Crippen LogP contribution in [0.25, 0.3) is 0 Å². The van der Waals surface area contributed by atoms with Crippen LogP contribution in [0.2, 0.25) is 0 Å². The standard InChI is InChI=1S/C20H26N2O4S/c1-15(17-8-10-18(26-4)11-9-17)21-20(23)14-7-16-5-12-19(13-6-16)27(24,25)22(2)3/h5-6,8-13,15H,7,14H2,1-4H3,(H,21,23). The largest absolute Gasteiger partial charge is 0.497 e. The molecule has 0 heterocycles. The predicted octanol–water partition coefficient (Wildman–Crippen LogP) is 2.76. The van der Waals surface area contributed by atoms with Gasteiger partial charge in [-0.25, -0.2) is 12.7 Å². The molecule has 1 unspecified atom stereocenters. The number of rotatable bonds is 8. The molecular weight excluding hydrogens is 364 g/mol. The van der Waals surface area contributed by atoms with Crippen LogP contribution in [0.5, 0.6) is 5.75 Å². The van der Waals surface area contributed by atoms with Crippen molar-refractivity contribution in [3.05, 3.63) is 59.7 Å². The molecule has 27 heavy (non-hydrogen) atoms. The van der Waals surface area contributed by atoms with Crippen molar-refractivity contribution in [3.8, 4) is 5.75 Å². The van der Waals surface area contributed by atoms with Crippen molar-refractivity contribution in [1.82, 2.24) is 9.62 Å². The summed E-state index contributed by atoms with van der Waals surface area (Å²) in [5, 5.41) is 2.97. The van der Waals surface area contributed by atoms with Crippen molar-refractivity contribution in [2.45, 2.75) is 30.7 Å². The first kappa shape index (κ1) is 20.9. The van der Waals surface area contributed by atoms with E-state index in [1.165, 1.54) is 18.4 Å². The topological polar surface area (TPSA) is 75.7 Å². The molecule has 1 amide bonds. The molecule has 146 valence electrons. The van der Waals surface area contributed by atoms with Gasteiger partial charge in [0.1, 0.15) is 5.75 Å². The van der Waals surface area contributed by atoms with Crippen LogP contribution in [0, 0.1) is 0 Å². The summed E-state index contributed by atoms with van der Waals surface area (Å²) < 4.78 is 30.4. The molecule has 7 heteroatoms. The number of aryl methyl sites for hydroxylation is 1. The Labute approximate surface area is 161 Å². The third-order valence-corrected chi connectivity index (χ3v) is 6.17. The number of hydrogen-bond donors (Lipinski definition) is 1. The van der Waals surface area contributed by atoms with Gasteiger partial charge in [0.15, 0.2) is 0 Å². The van der Waals surface area contributed by atoms with Gasteiger partial charge >= 0.3 is 0 Å². The number of benzene rings is 2. The average Bonchev–Trinajstić information content (AvgIpc) is 2.66. The van der Waals surface area contributed by atoms with Crippen molar-refractivity contribution in [2.24, 2.45) is 0 Å². The zero-order valence-electron chi connectivity index (χ0n) is 16.1. The Balaban J connectivity index is 1.89. The van der Waals surface area contributed by atoms with Gasteiger partial charge in [0.05, 0.1) is 18.0 Å². The molecule has 0 radical (unpaired) electrons. The Morgan fingerprint density at radius 3 is 2.19 bits per heavy atom. The van der Waals surface area contributed by atoms with Gasteiger partial charge in [0, 0.05) is 20.5 Å². The molecule has 0 aliphatic carbocycles. The number of amides is 1. The summed E-state index contributed by atoms with van der Waals surface area (Å²) in [4.78, 5) is 12.4. The molecule has 0 saturated carbocycles. The molecule has 0 saturated heterocycles. The smallest absolute Gasteiger partial charge is 0.242 e. The Bertz CT molecular complexity index is 860. The number of methoxy groups -OCH3 is 1. The summed E-state index contributed by atoms with van der Waals surface area (Å²) in [7, 11) is 1.18. The zero-order valence-corrected chi connectivity index (χ0v) is 16.9. The molecule has 0 bridgehead atoms. The van der Waals surface area contributed by atoms with Crippen molar-refractivity contribution in [1.29, 1.82) is 0 Å². The van der Waals surface area contributed by atoms with Crippen molar-refractivity contribution in [3.63, 3.8) is 0 Å². The van der Waals surface area contributed by atoms with Crippen molar-refractivity contribution < 1.29 is 17.9 Å². The first-order valence-corrected chi connectivity index (χ1v) is 10.1. The van der Waals surface area contributed by atoms with Crippen LogP contribution in [0.3, 0.4) is 0 Å². The molecule has 2 rings (SSSR count). The van der Waals surface area contributed by atoms with Crippen LogP contribution >= 0.6 is 0 Å². The summed E-state index contributed by atoms with van der Waals surface area (Å²) in [5.74, 6) is 0.723. The van der Waals surface area contributed by atoms with E-state index in [-0.39, 0.29) is 16.8 Å². The van der Waals surface area contributed by atoms with E-state index in [9.17, 15) is 13.2 Å². The molecule has 0 spiro atoms. The fourth-order valence-corrected chi connectivity index (χ4v) is 3.49. The number of sulfonamides is 1.